The van der Waals surface area contributed by atoms with E-state index in [0.29, 0.717) is 0 Å². The Hall–Kier alpha value is -1.94. The van der Waals surface area contributed by atoms with Crippen molar-refractivity contribution in [2.24, 2.45) is 5.73 Å². The highest BCUT2D eigenvalue weighted by Crippen LogP contribution is 2.17. The quantitative estimate of drug-likeness (QED) is 0.893. The maximum absolute atomic E-state index is 5.96. The Labute approximate surface area is 114 Å². The highest BCUT2D eigenvalue weighted by Gasteiger charge is 2.06. The van der Waals surface area contributed by atoms with Gasteiger partial charge in [0.05, 0.1) is 17.6 Å². The summed E-state index contributed by atoms with van der Waals surface area (Å²) < 4.78 is 0. The third-order valence-electron chi connectivity index (χ3n) is 3.20. The zero-order valence-electron chi connectivity index (χ0n) is 11.5. The van der Waals surface area contributed by atoms with Crippen molar-refractivity contribution in [3.05, 3.63) is 54.1 Å². The standard InChI is InChI=1S/C15H20N4/c1-3-14(16)15-5-4-13(10-18-15)19(2)11-12-6-8-17-9-7-12/h4-10,14H,3,11,16H2,1-2H3/t14-/m0/s1. The smallest absolute Gasteiger partial charge is 0.0572 e. The predicted octanol–water partition coefficient (Wildman–Crippen LogP) is 2.52. The number of rotatable bonds is 5. The maximum Gasteiger partial charge on any atom is 0.0572 e. The van der Waals surface area contributed by atoms with Crippen LogP contribution in [0, 0.1) is 0 Å². The van der Waals surface area contributed by atoms with Crippen molar-refractivity contribution < 1.29 is 0 Å². The Morgan fingerprint density at radius 1 is 1.21 bits per heavy atom. The van der Waals surface area contributed by atoms with E-state index in [0.717, 1.165) is 24.3 Å². The Bertz CT molecular complexity index is 495. The lowest BCUT2D eigenvalue weighted by molar-refractivity contribution is 0.675. The summed E-state index contributed by atoms with van der Waals surface area (Å²) in [5.74, 6) is 0. The van der Waals surface area contributed by atoms with E-state index in [9.17, 15) is 0 Å². The normalized spacial score (nSPS) is 12.2. The number of hydrogen-bond acceptors (Lipinski definition) is 4. The van der Waals surface area contributed by atoms with Crippen LogP contribution in [-0.4, -0.2) is 17.0 Å². The van der Waals surface area contributed by atoms with Gasteiger partial charge in [0, 0.05) is 32.0 Å². The van der Waals surface area contributed by atoms with Gasteiger partial charge in [-0.25, -0.2) is 0 Å². The first-order chi connectivity index (χ1) is 9.20. The first-order valence-corrected chi connectivity index (χ1v) is 6.52. The summed E-state index contributed by atoms with van der Waals surface area (Å²) in [5, 5.41) is 0. The molecule has 2 aromatic heterocycles. The molecule has 100 valence electrons. The minimum atomic E-state index is 0.0274. The van der Waals surface area contributed by atoms with Gasteiger partial charge in [0.15, 0.2) is 0 Å². The second kappa shape index (κ2) is 6.29. The second-order valence-electron chi connectivity index (χ2n) is 4.67. The SMILES string of the molecule is CC[C@H](N)c1ccc(N(C)Cc2ccncc2)cn1. The topological polar surface area (TPSA) is 55.0 Å². The molecule has 2 heterocycles. The van der Waals surface area contributed by atoms with E-state index in [1.165, 1.54) is 5.56 Å². The fourth-order valence-electron chi connectivity index (χ4n) is 1.91. The molecule has 0 unspecified atom stereocenters. The molecule has 0 radical (unpaired) electrons. The molecule has 0 aliphatic carbocycles. The molecule has 0 aromatic carbocycles. The van der Waals surface area contributed by atoms with Gasteiger partial charge in [-0.15, -0.1) is 0 Å². The number of anilines is 1. The second-order valence-corrected chi connectivity index (χ2v) is 4.67. The summed E-state index contributed by atoms with van der Waals surface area (Å²) in [6.07, 6.45) is 6.40. The highest BCUT2D eigenvalue weighted by molar-refractivity contribution is 5.44. The zero-order valence-corrected chi connectivity index (χ0v) is 11.5. The van der Waals surface area contributed by atoms with Crippen LogP contribution >= 0.6 is 0 Å². The Kier molecular flexibility index (Phi) is 4.47. The van der Waals surface area contributed by atoms with Crippen LogP contribution in [0.25, 0.3) is 0 Å². The predicted molar refractivity (Wildman–Crippen MR) is 77.8 cm³/mol. The molecule has 2 rings (SSSR count). The van der Waals surface area contributed by atoms with Crippen molar-refractivity contribution in [2.45, 2.75) is 25.9 Å². The molecule has 0 fully saturated rings. The molecular formula is C15H20N4. The molecule has 0 spiro atoms. The molecule has 0 aliphatic heterocycles. The minimum absolute atomic E-state index is 0.0274. The van der Waals surface area contributed by atoms with Gasteiger partial charge in [-0.3, -0.25) is 9.97 Å². The van der Waals surface area contributed by atoms with Gasteiger partial charge >= 0.3 is 0 Å². The lowest BCUT2D eigenvalue weighted by atomic mass is 10.1. The van der Waals surface area contributed by atoms with Crippen LogP contribution in [0.1, 0.15) is 30.6 Å². The summed E-state index contributed by atoms with van der Waals surface area (Å²) in [6, 6.07) is 8.14. The zero-order chi connectivity index (χ0) is 13.7. The summed E-state index contributed by atoms with van der Waals surface area (Å²) in [7, 11) is 2.05. The highest BCUT2D eigenvalue weighted by atomic mass is 15.1. The van der Waals surface area contributed by atoms with Crippen molar-refractivity contribution in [2.75, 3.05) is 11.9 Å². The average molecular weight is 256 g/mol. The van der Waals surface area contributed by atoms with Crippen molar-refractivity contribution in [3.63, 3.8) is 0 Å². The first-order valence-electron chi connectivity index (χ1n) is 6.52. The van der Waals surface area contributed by atoms with Crippen LogP contribution in [-0.2, 0) is 6.54 Å². The monoisotopic (exact) mass is 256 g/mol. The van der Waals surface area contributed by atoms with E-state index in [1.807, 2.05) is 36.8 Å². The molecule has 2 aromatic rings. The molecule has 4 heteroatoms. The molecule has 0 saturated heterocycles. The third-order valence-corrected chi connectivity index (χ3v) is 3.20. The number of aromatic nitrogens is 2. The van der Waals surface area contributed by atoms with E-state index in [-0.39, 0.29) is 6.04 Å². The van der Waals surface area contributed by atoms with E-state index >= 15 is 0 Å². The molecule has 19 heavy (non-hydrogen) atoms. The van der Waals surface area contributed by atoms with Crippen molar-refractivity contribution in [3.8, 4) is 0 Å². The molecule has 2 N–H and O–H groups in total. The molecule has 0 bridgehead atoms. The van der Waals surface area contributed by atoms with Gasteiger partial charge in [-0.2, -0.15) is 0 Å². The Morgan fingerprint density at radius 3 is 2.53 bits per heavy atom. The Balaban J connectivity index is 2.05. The van der Waals surface area contributed by atoms with Gasteiger partial charge in [0.1, 0.15) is 0 Å². The summed E-state index contributed by atoms with van der Waals surface area (Å²) in [4.78, 5) is 10.6. The maximum atomic E-state index is 5.96. The molecule has 0 saturated carbocycles. The van der Waals surface area contributed by atoms with Crippen molar-refractivity contribution in [1.82, 2.24) is 9.97 Å². The number of pyridine rings is 2. The van der Waals surface area contributed by atoms with Gasteiger partial charge in [0.2, 0.25) is 0 Å². The largest absolute Gasteiger partial charge is 0.369 e. The third kappa shape index (κ3) is 3.51. The van der Waals surface area contributed by atoms with Gasteiger partial charge in [-0.05, 0) is 36.2 Å². The lowest BCUT2D eigenvalue weighted by Crippen LogP contribution is -2.17. The minimum Gasteiger partial charge on any atom is -0.369 e. The fraction of sp³-hybridized carbons (Fsp3) is 0.333. The lowest BCUT2D eigenvalue weighted by Gasteiger charge is -2.19. The first kappa shape index (κ1) is 13.5. The molecule has 1 atom stereocenters. The Morgan fingerprint density at radius 2 is 1.95 bits per heavy atom. The van der Waals surface area contributed by atoms with Crippen LogP contribution in [0.5, 0.6) is 0 Å². The summed E-state index contributed by atoms with van der Waals surface area (Å²) in [5.41, 5.74) is 9.22. The van der Waals surface area contributed by atoms with E-state index < -0.39 is 0 Å². The number of nitrogens with two attached hydrogens (primary N) is 1. The van der Waals surface area contributed by atoms with Gasteiger partial charge in [-0.1, -0.05) is 6.92 Å². The van der Waals surface area contributed by atoms with Crippen LogP contribution in [0.4, 0.5) is 5.69 Å². The van der Waals surface area contributed by atoms with E-state index in [4.69, 9.17) is 5.73 Å². The molecule has 4 nitrogen and oxygen atoms in total. The van der Waals surface area contributed by atoms with Gasteiger partial charge < -0.3 is 10.6 Å². The van der Waals surface area contributed by atoms with Crippen LogP contribution < -0.4 is 10.6 Å². The summed E-state index contributed by atoms with van der Waals surface area (Å²) in [6.45, 7) is 2.90. The fourth-order valence-corrected chi connectivity index (χ4v) is 1.91. The molecule has 0 amide bonds. The number of nitrogens with zero attached hydrogens (tertiary/aromatic N) is 3. The van der Waals surface area contributed by atoms with Crippen LogP contribution in [0.2, 0.25) is 0 Å². The molecular weight excluding hydrogens is 236 g/mol. The van der Waals surface area contributed by atoms with Crippen LogP contribution in [0.3, 0.4) is 0 Å². The number of hydrogen-bond donors (Lipinski definition) is 1. The van der Waals surface area contributed by atoms with E-state index in [1.54, 1.807) is 0 Å². The van der Waals surface area contributed by atoms with Crippen molar-refractivity contribution in [1.29, 1.82) is 0 Å². The van der Waals surface area contributed by atoms with Crippen molar-refractivity contribution >= 4 is 5.69 Å². The van der Waals surface area contributed by atoms with Gasteiger partial charge in [0.25, 0.3) is 0 Å². The van der Waals surface area contributed by atoms with Crippen LogP contribution in [0.15, 0.2) is 42.9 Å². The van der Waals surface area contributed by atoms with E-state index in [2.05, 4.69) is 34.9 Å². The molecule has 0 aliphatic rings. The average Bonchev–Trinajstić information content (AvgIpc) is 2.47. The summed E-state index contributed by atoms with van der Waals surface area (Å²) >= 11 is 0.